The molecule has 1 aromatic carbocycles. The summed E-state index contributed by atoms with van der Waals surface area (Å²) < 4.78 is 28.8. The molecule has 0 unspecified atom stereocenters. The van der Waals surface area contributed by atoms with Crippen LogP contribution in [0.2, 0.25) is 0 Å². The summed E-state index contributed by atoms with van der Waals surface area (Å²) in [6, 6.07) is 3.67. The van der Waals surface area contributed by atoms with Crippen LogP contribution in [-0.4, -0.2) is 26.0 Å². The van der Waals surface area contributed by atoms with E-state index in [0.717, 1.165) is 16.8 Å². The number of benzene rings is 1. The third-order valence-corrected chi connectivity index (χ3v) is 5.08. The number of anilines is 1. The van der Waals surface area contributed by atoms with E-state index < -0.39 is 9.84 Å². The van der Waals surface area contributed by atoms with Crippen molar-refractivity contribution >= 4 is 15.5 Å². The summed E-state index contributed by atoms with van der Waals surface area (Å²) in [5, 5.41) is -0.365. The van der Waals surface area contributed by atoms with E-state index in [0.29, 0.717) is 5.75 Å². The first kappa shape index (κ1) is 14.8. The molecular weight excluding hydrogens is 250 g/mol. The van der Waals surface area contributed by atoms with Gasteiger partial charge in [-0.25, -0.2) is 8.42 Å². The van der Waals surface area contributed by atoms with Gasteiger partial charge < -0.3 is 10.5 Å². The Balaban J connectivity index is 2.68. The van der Waals surface area contributed by atoms with Gasteiger partial charge in [0.2, 0.25) is 0 Å². The number of aryl methyl sites for hydroxylation is 2. The number of rotatable bonds is 5. The predicted octanol–water partition coefficient (Wildman–Crippen LogP) is 2.09. The van der Waals surface area contributed by atoms with Gasteiger partial charge in [-0.3, -0.25) is 0 Å². The highest BCUT2D eigenvalue weighted by Gasteiger charge is 2.16. The van der Waals surface area contributed by atoms with Crippen molar-refractivity contribution in [2.75, 3.05) is 18.1 Å². The average molecular weight is 271 g/mol. The van der Waals surface area contributed by atoms with Crippen molar-refractivity contribution in [3.05, 3.63) is 23.3 Å². The van der Waals surface area contributed by atoms with Gasteiger partial charge in [-0.1, -0.05) is 0 Å². The van der Waals surface area contributed by atoms with Gasteiger partial charge in [-0.15, -0.1) is 0 Å². The number of sulfone groups is 1. The molecule has 0 amide bonds. The van der Waals surface area contributed by atoms with Gasteiger partial charge in [-0.05, 0) is 51.0 Å². The molecule has 0 aliphatic carbocycles. The highest BCUT2D eigenvalue weighted by Crippen LogP contribution is 2.24. The second-order valence-electron chi connectivity index (χ2n) is 4.74. The lowest BCUT2D eigenvalue weighted by atomic mass is 10.1. The van der Waals surface area contributed by atoms with E-state index in [4.69, 9.17) is 10.5 Å². The van der Waals surface area contributed by atoms with Crippen molar-refractivity contribution in [2.24, 2.45) is 0 Å². The lowest BCUT2D eigenvalue weighted by Gasteiger charge is -2.12. The number of nitrogens with two attached hydrogens (primary N) is 1. The molecule has 0 radical (unpaired) electrons. The molecule has 1 rings (SSSR count). The Bertz CT molecular complexity index is 521. The van der Waals surface area contributed by atoms with Crippen molar-refractivity contribution in [1.29, 1.82) is 0 Å². The molecule has 2 N–H and O–H groups in total. The molecule has 0 aliphatic rings. The van der Waals surface area contributed by atoms with Gasteiger partial charge in [0.15, 0.2) is 9.84 Å². The van der Waals surface area contributed by atoms with Crippen LogP contribution in [0.15, 0.2) is 12.1 Å². The molecule has 0 fully saturated rings. The second kappa shape index (κ2) is 5.61. The smallest absolute Gasteiger partial charge is 0.155 e. The largest absolute Gasteiger partial charge is 0.492 e. The van der Waals surface area contributed by atoms with Gasteiger partial charge in [0.05, 0.1) is 11.0 Å². The van der Waals surface area contributed by atoms with E-state index in [1.165, 1.54) is 0 Å². The second-order valence-corrected chi connectivity index (χ2v) is 7.42. The SMILES string of the molecule is Cc1cc(OCCS(=O)(=O)C(C)C)c(C)cc1N. The third kappa shape index (κ3) is 3.63. The molecule has 0 aliphatic heterocycles. The lowest BCUT2D eigenvalue weighted by molar-refractivity contribution is 0.338. The summed E-state index contributed by atoms with van der Waals surface area (Å²) in [6.07, 6.45) is 0. The Morgan fingerprint density at radius 3 is 2.39 bits per heavy atom. The maximum Gasteiger partial charge on any atom is 0.155 e. The number of hydrogen-bond donors (Lipinski definition) is 1. The number of ether oxygens (including phenoxy) is 1. The molecular formula is C13H21NO3S. The molecule has 1 aromatic rings. The Labute approximate surface area is 109 Å². The molecule has 4 nitrogen and oxygen atoms in total. The normalized spacial score (nSPS) is 11.8. The Kier molecular flexibility index (Phi) is 4.62. The van der Waals surface area contributed by atoms with Crippen molar-refractivity contribution in [3.63, 3.8) is 0 Å². The topological polar surface area (TPSA) is 69.4 Å². The van der Waals surface area contributed by atoms with Gasteiger partial charge in [0, 0.05) is 5.69 Å². The van der Waals surface area contributed by atoms with Crippen LogP contribution in [0.4, 0.5) is 5.69 Å². The van der Waals surface area contributed by atoms with Crippen LogP contribution in [0.3, 0.4) is 0 Å². The summed E-state index contributed by atoms with van der Waals surface area (Å²) in [7, 11) is -3.05. The molecule has 0 heterocycles. The number of nitrogen functional groups attached to an aromatic ring is 1. The Morgan fingerprint density at radius 1 is 1.22 bits per heavy atom. The van der Waals surface area contributed by atoms with Crippen LogP contribution in [0.5, 0.6) is 5.75 Å². The minimum Gasteiger partial charge on any atom is -0.492 e. The Morgan fingerprint density at radius 2 is 1.83 bits per heavy atom. The van der Waals surface area contributed by atoms with Crippen LogP contribution in [-0.2, 0) is 9.84 Å². The first-order valence-electron chi connectivity index (χ1n) is 5.95. The number of hydrogen-bond acceptors (Lipinski definition) is 4. The highest BCUT2D eigenvalue weighted by atomic mass is 32.2. The molecule has 0 spiro atoms. The molecule has 18 heavy (non-hydrogen) atoms. The monoisotopic (exact) mass is 271 g/mol. The van der Waals surface area contributed by atoms with E-state index in [1.807, 2.05) is 26.0 Å². The van der Waals surface area contributed by atoms with Crippen molar-refractivity contribution < 1.29 is 13.2 Å². The zero-order valence-corrected chi connectivity index (χ0v) is 12.2. The van der Waals surface area contributed by atoms with Crippen molar-refractivity contribution in [1.82, 2.24) is 0 Å². The van der Waals surface area contributed by atoms with E-state index in [1.54, 1.807) is 13.8 Å². The van der Waals surface area contributed by atoms with Crippen molar-refractivity contribution in [2.45, 2.75) is 32.9 Å². The molecule has 0 atom stereocenters. The predicted molar refractivity (Wildman–Crippen MR) is 74.7 cm³/mol. The molecule has 0 saturated carbocycles. The molecule has 0 bridgehead atoms. The van der Waals surface area contributed by atoms with Crippen LogP contribution in [0.1, 0.15) is 25.0 Å². The maximum absolute atomic E-state index is 11.6. The molecule has 102 valence electrons. The average Bonchev–Trinajstić information content (AvgIpc) is 2.25. The minimum atomic E-state index is -3.05. The zero-order chi connectivity index (χ0) is 13.9. The van der Waals surface area contributed by atoms with Gasteiger partial charge in [0.1, 0.15) is 12.4 Å². The van der Waals surface area contributed by atoms with Crippen LogP contribution in [0.25, 0.3) is 0 Å². The van der Waals surface area contributed by atoms with Gasteiger partial charge in [0.25, 0.3) is 0 Å². The van der Waals surface area contributed by atoms with E-state index in [2.05, 4.69) is 0 Å². The molecule has 0 saturated heterocycles. The van der Waals surface area contributed by atoms with Gasteiger partial charge in [-0.2, -0.15) is 0 Å². The van der Waals surface area contributed by atoms with Gasteiger partial charge >= 0.3 is 0 Å². The van der Waals surface area contributed by atoms with Crippen LogP contribution in [0, 0.1) is 13.8 Å². The lowest BCUT2D eigenvalue weighted by Crippen LogP contribution is -2.22. The summed E-state index contributed by atoms with van der Waals surface area (Å²) in [4.78, 5) is 0. The molecule has 5 heteroatoms. The van der Waals surface area contributed by atoms with E-state index in [-0.39, 0.29) is 17.6 Å². The van der Waals surface area contributed by atoms with Crippen LogP contribution >= 0.6 is 0 Å². The van der Waals surface area contributed by atoms with Crippen molar-refractivity contribution in [3.8, 4) is 5.75 Å². The summed E-state index contributed by atoms with van der Waals surface area (Å²) in [6.45, 7) is 7.31. The fourth-order valence-corrected chi connectivity index (χ4v) is 2.26. The fraction of sp³-hybridized carbons (Fsp3) is 0.538. The quantitative estimate of drug-likeness (QED) is 0.832. The maximum atomic E-state index is 11.6. The van der Waals surface area contributed by atoms with E-state index in [9.17, 15) is 8.42 Å². The van der Waals surface area contributed by atoms with E-state index >= 15 is 0 Å². The minimum absolute atomic E-state index is 0.0352. The fourth-order valence-electron chi connectivity index (χ4n) is 1.47. The Hall–Kier alpha value is -1.23. The standard InChI is InChI=1S/C13H21NO3S/c1-9(2)18(15,16)6-5-17-13-8-10(3)12(14)7-11(13)4/h7-9H,5-6,14H2,1-4H3. The van der Waals surface area contributed by atoms with Crippen LogP contribution < -0.4 is 10.5 Å². The zero-order valence-electron chi connectivity index (χ0n) is 11.4. The third-order valence-electron chi connectivity index (χ3n) is 2.91. The highest BCUT2D eigenvalue weighted by molar-refractivity contribution is 7.91. The summed E-state index contributed by atoms with van der Waals surface area (Å²) in [5.41, 5.74) is 8.34. The first-order valence-corrected chi connectivity index (χ1v) is 7.66. The first-order chi connectivity index (χ1) is 8.24. The molecule has 0 aromatic heterocycles. The summed E-state index contributed by atoms with van der Waals surface area (Å²) >= 11 is 0. The summed E-state index contributed by atoms with van der Waals surface area (Å²) in [5.74, 6) is 0.730.